The quantitative estimate of drug-likeness (QED) is 0.450. The topological polar surface area (TPSA) is 55.4 Å². The molecule has 0 aliphatic heterocycles. The molecule has 0 amide bonds. The van der Waals surface area contributed by atoms with Gasteiger partial charge in [-0.15, -0.1) is 0 Å². The van der Waals surface area contributed by atoms with Crippen LogP contribution < -0.4 is 0 Å². The molecule has 0 saturated heterocycles. The Kier molecular flexibility index (Phi) is 14.7. The summed E-state index contributed by atoms with van der Waals surface area (Å²) in [6.45, 7) is 30.1. The van der Waals surface area contributed by atoms with E-state index >= 15 is 0 Å². The van der Waals surface area contributed by atoms with Gasteiger partial charge in [0.1, 0.15) is 0 Å². The van der Waals surface area contributed by atoms with Crippen LogP contribution in [-0.2, 0) is 26.6 Å². The van der Waals surface area contributed by atoms with Gasteiger partial charge < -0.3 is 26.6 Å². The molecule has 0 aliphatic carbocycles. The van der Waals surface area contributed by atoms with Gasteiger partial charge in [-0.05, 0) is 104 Å². The molecule has 0 saturated carbocycles. The molecular weight excluding hydrogens is 404 g/mol. The summed E-state index contributed by atoms with van der Waals surface area (Å²) >= 11 is 0. The maximum absolute atomic E-state index is 5.88. The van der Waals surface area contributed by atoms with Gasteiger partial charge in [-0.25, -0.2) is 0 Å². The molecule has 0 unspecified atom stereocenters. The average Bonchev–Trinajstić information content (AvgIpc) is 2.29. The highest BCUT2D eigenvalue weighted by atomic mass is 28.3. The van der Waals surface area contributed by atoms with E-state index in [1.807, 2.05) is 104 Å². The van der Waals surface area contributed by atoms with E-state index in [1.54, 1.807) is 0 Å². The second-order valence-electron chi connectivity index (χ2n) is 10.8. The molecule has 0 spiro atoms. The van der Waals surface area contributed by atoms with Crippen LogP contribution in [0.25, 0.3) is 0 Å². The van der Waals surface area contributed by atoms with Crippen LogP contribution in [0.1, 0.15) is 104 Å². The van der Waals surface area contributed by atoms with E-state index in [1.165, 1.54) is 0 Å². The van der Waals surface area contributed by atoms with Crippen molar-refractivity contribution in [3.05, 3.63) is 0 Å². The lowest BCUT2D eigenvalue weighted by Crippen LogP contribution is -2.44. The molecule has 0 aromatic rings. The van der Waals surface area contributed by atoms with Crippen LogP contribution in [0.2, 0.25) is 0 Å². The summed E-state index contributed by atoms with van der Waals surface area (Å²) in [5, 5.41) is 0. The second kappa shape index (κ2) is 13.6. The van der Waals surface area contributed by atoms with Gasteiger partial charge in [-0.1, -0.05) is 0 Å². The lowest BCUT2D eigenvalue weighted by molar-refractivity contribution is -0.0503. The second-order valence-corrected chi connectivity index (χ2v) is 13.5. The van der Waals surface area contributed by atoms with Gasteiger partial charge in [0.2, 0.25) is 0 Å². The van der Waals surface area contributed by atoms with Gasteiger partial charge in [-0.2, -0.15) is 0 Å². The molecule has 0 fully saturated rings. The predicted molar refractivity (Wildman–Crippen MR) is 125 cm³/mol. The molecule has 178 valence electrons. The molecule has 0 rings (SSSR count). The van der Waals surface area contributed by atoms with Crippen LogP contribution in [0.4, 0.5) is 0 Å². The van der Waals surface area contributed by atoms with Gasteiger partial charge in [0.05, 0.1) is 16.8 Å². The summed E-state index contributed by atoms with van der Waals surface area (Å²) in [7, 11) is -4.02. The number of hydrogen-bond donors (Lipinski definition) is 0. The minimum Gasteiger partial charge on any atom is -0.373 e. The zero-order valence-electron chi connectivity index (χ0n) is 21.8. The lowest BCUT2D eigenvalue weighted by Gasteiger charge is -2.34. The lowest BCUT2D eigenvalue weighted by atomic mass is 10.2. The molecule has 0 aromatic carbocycles. The fourth-order valence-electron chi connectivity index (χ4n) is 1.70. The Morgan fingerprint density at radius 3 is 0.759 bits per heavy atom. The fraction of sp³-hybridized carbons (Fsp3) is 1.00. The van der Waals surface area contributed by atoms with Crippen molar-refractivity contribution in [1.82, 2.24) is 0 Å². The molecule has 0 heterocycles. The molecule has 8 heteroatoms. The van der Waals surface area contributed by atoms with Crippen molar-refractivity contribution in [2.24, 2.45) is 0 Å². The maximum atomic E-state index is 5.88. The minimum absolute atomic E-state index is 0.175. The Bertz CT molecular complexity index is 347. The van der Waals surface area contributed by atoms with Crippen LogP contribution in [0.5, 0.6) is 0 Å². The molecule has 0 bridgehead atoms. The third-order valence-corrected chi connectivity index (χ3v) is 7.50. The number of rotatable bonds is 9. The Hall–Kier alpha value is 0.194. The first-order valence-corrected chi connectivity index (χ1v) is 13.5. The summed E-state index contributed by atoms with van der Waals surface area (Å²) in [5.41, 5.74) is -0.686. The molecule has 0 radical (unpaired) electrons. The monoisotopic (exact) mass is 454 g/mol. The molecule has 6 nitrogen and oxygen atoms in total. The maximum Gasteiger partial charge on any atom is 0.485 e. The third kappa shape index (κ3) is 26.2. The van der Waals surface area contributed by atoms with E-state index in [0.717, 1.165) is 0 Å². The highest BCUT2D eigenvalue weighted by Gasteiger charge is 2.32. The molecular formula is C21H50O6Si2. The Balaban J connectivity index is 0. The Morgan fingerprint density at radius 2 is 0.621 bits per heavy atom. The van der Waals surface area contributed by atoms with Crippen LogP contribution in [0, 0.1) is 0 Å². The van der Waals surface area contributed by atoms with Gasteiger partial charge in [-0.3, -0.25) is 0 Å². The van der Waals surface area contributed by atoms with E-state index in [4.69, 9.17) is 26.6 Å². The summed E-state index contributed by atoms with van der Waals surface area (Å²) in [5.74, 6) is 0. The first-order valence-electron chi connectivity index (χ1n) is 10.7. The molecule has 0 aromatic heterocycles. The minimum atomic E-state index is -2.11. The predicted octanol–water partition coefficient (Wildman–Crippen LogP) is 5.13. The SMILES string of the molecule is CC(C)(C)O[SiH](OC(C)(C)C)OC(C)(C)C.CC(C)O[SiH](OC(C)C)OC(C)C. The smallest absolute Gasteiger partial charge is 0.373 e. The Morgan fingerprint density at radius 1 is 0.414 bits per heavy atom. The van der Waals surface area contributed by atoms with Crippen molar-refractivity contribution in [2.45, 2.75) is 139 Å². The van der Waals surface area contributed by atoms with Gasteiger partial charge >= 0.3 is 19.1 Å². The molecule has 0 atom stereocenters. The summed E-state index contributed by atoms with van der Waals surface area (Å²) in [6, 6.07) is 0. The zero-order chi connectivity index (χ0) is 23.6. The average molecular weight is 455 g/mol. The van der Waals surface area contributed by atoms with E-state index in [0.29, 0.717) is 0 Å². The van der Waals surface area contributed by atoms with Crippen molar-refractivity contribution in [1.29, 1.82) is 0 Å². The Labute approximate surface area is 184 Å². The standard InChI is InChI=1S/C12H28O3Si.C9H22O3Si/c1-10(2,3)13-16(14-11(4,5)6)15-12(7,8)9;1-7(2)10-13(11-8(3)4)12-9(5)6/h16H,1-9H3;7-9,13H,1-6H3. The van der Waals surface area contributed by atoms with E-state index in [-0.39, 0.29) is 35.1 Å². The molecule has 29 heavy (non-hydrogen) atoms. The highest BCUT2D eigenvalue weighted by Crippen LogP contribution is 2.20. The van der Waals surface area contributed by atoms with Crippen molar-refractivity contribution in [3.63, 3.8) is 0 Å². The largest absolute Gasteiger partial charge is 0.485 e. The van der Waals surface area contributed by atoms with Crippen LogP contribution in [0.15, 0.2) is 0 Å². The van der Waals surface area contributed by atoms with Crippen molar-refractivity contribution in [3.8, 4) is 0 Å². The molecule has 0 aliphatic rings. The van der Waals surface area contributed by atoms with Crippen LogP contribution in [-0.4, -0.2) is 54.2 Å². The van der Waals surface area contributed by atoms with Gasteiger partial charge in [0.15, 0.2) is 0 Å². The first kappa shape index (κ1) is 31.4. The third-order valence-electron chi connectivity index (χ3n) is 2.50. The van der Waals surface area contributed by atoms with E-state index in [2.05, 4.69) is 0 Å². The highest BCUT2D eigenvalue weighted by molar-refractivity contribution is 6.37. The summed E-state index contributed by atoms with van der Waals surface area (Å²) < 4.78 is 34.4. The van der Waals surface area contributed by atoms with Crippen LogP contribution in [0.3, 0.4) is 0 Å². The summed E-state index contributed by atoms with van der Waals surface area (Å²) in [6.07, 6.45) is 0.525. The normalized spacial score (nSPS) is 13.7. The van der Waals surface area contributed by atoms with E-state index in [9.17, 15) is 0 Å². The number of hydrogen-bond acceptors (Lipinski definition) is 6. The fourth-order valence-corrected chi connectivity index (χ4v) is 5.10. The van der Waals surface area contributed by atoms with Crippen LogP contribution >= 0.6 is 0 Å². The van der Waals surface area contributed by atoms with E-state index < -0.39 is 19.1 Å². The summed E-state index contributed by atoms with van der Waals surface area (Å²) in [4.78, 5) is 0. The first-order chi connectivity index (χ1) is 12.7. The van der Waals surface area contributed by atoms with Crippen molar-refractivity contribution in [2.75, 3.05) is 0 Å². The van der Waals surface area contributed by atoms with Gasteiger partial charge in [0.25, 0.3) is 0 Å². The van der Waals surface area contributed by atoms with Crippen molar-refractivity contribution < 1.29 is 26.6 Å². The van der Waals surface area contributed by atoms with Gasteiger partial charge in [0, 0.05) is 18.3 Å². The van der Waals surface area contributed by atoms with Crippen molar-refractivity contribution >= 4 is 19.1 Å². The zero-order valence-corrected chi connectivity index (χ0v) is 24.1. The molecule has 0 N–H and O–H groups in total.